The standard InChI is InChI=1S/C30H34ClF3N8O3/c1-39-24(22-17-42(16-18-2-3-18)38-25(22)30(32,33)34)15-36-26(39)27(43)37-20-4-5-21(23(31)14-20)29(45)41-12-10-40(11-13-41)28(44)19-6-8-35-9-7-19/h4-5,14-15,17-19,35H,2-3,6-13,16H2,1H3,(H,37,43). The number of halogens is 4. The maximum atomic E-state index is 13.8. The Morgan fingerprint density at radius 1 is 1.04 bits per heavy atom. The number of carbonyl (C=O) groups excluding carboxylic acids is 3. The molecule has 3 aliphatic rings. The first-order valence-corrected chi connectivity index (χ1v) is 15.4. The van der Waals surface area contributed by atoms with E-state index in [2.05, 4.69) is 20.7 Å². The van der Waals surface area contributed by atoms with Gasteiger partial charge in [-0.1, -0.05) is 11.6 Å². The van der Waals surface area contributed by atoms with Gasteiger partial charge in [0.2, 0.25) is 5.91 Å². The molecule has 2 saturated heterocycles. The van der Waals surface area contributed by atoms with Crippen LogP contribution in [0.5, 0.6) is 0 Å². The van der Waals surface area contributed by atoms with Crippen molar-refractivity contribution in [3.05, 3.63) is 52.7 Å². The van der Waals surface area contributed by atoms with E-state index in [-0.39, 0.29) is 51.1 Å². The largest absolute Gasteiger partial charge is 0.435 e. The van der Waals surface area contributed by atoms with Gasteiger partial charge in [-0.05, 0) is 62.9 Å². The number of piperidine rings is 1. The first kappa shape index (κ1) is 31.1. The maximum absolute atomic E-state index is 13.8. The maximum Gasteiger partial charge on any atom is 0.435 e. The lowest BCUT2D eigenvalue weighted by atomic mass is 9.96. The fourth-order valence-corrected chi connectivity index (χ4v) is 6.19. The zero-order chi connectivity index (χ0) is 31.9. The molecule has 6 rings (SSSR count). The Morgan fingerprint density at radius 2 is 1.73 bits per heavy atom. The van der Waals surface area contributed by atoms with Crippen molar-refractivity contribution in [2.24, 2.45) is 18.9 Å². The number of nitrogens with zero attached hydrogens (tertiary/aromatic N) is 6. The molecule has 1 aromatic carbocycles. The van der Waals surface area contributed by atoms with Crippen molar-refractivity contribution in [2.75, 3.05) is 44.6 Å². The van der Waals surface area contributed by atoms with Gasteiger partial charge in [-0.3, -0.25) is 19.1 Å². The molecular formula is C30H34ClF3N8O3. The number of piperazine rings is 1. The van der Waals surface area contributed by atoms with E-state index in [1.54, 1.807) is 4.90 Å². The molecule has 0 spiro atoms. The van der Waals surface area contributed by atoms with E-state index in [1.807, 2.05) is 4.90 Å². The number of aromatic nitrogens is 4. The first-order chi connectivity index (χ1) is 21.5. The molecule has 0 radical (unpaired) electrons. The zero-order valence-electron chi connectivity index (χ0n) is 24.7. The van der Waals surface area contributed by atoms with Gasteiger partial charge in [0.1, 0.15) is 0 Å². The number of imidazole rings is 1. The van der Waals surface area contributed by atoms with Crippen molar-refractivity contribution >= 4 is 35.0 Å². The normalized spacial score (nSPS) is 17.9. The third kappa shape index (κ3) is 6.71. The van der Waals surface area contributed by atoms with E-state index in [0.29, 0.717) is 38.6 Å². The Kier molecular flexibility index (Phi) is 8.61. The van der Waals surface area contributed by atoms with Crippen LogP contribution in [-0.4, -0.2) is 86.1 Å². The Hall–Kier alpha value is -3.91. The summed E-state index contributed by atoms with van der Waals surface area (Å²) >= 11 is 6.47. The number of amides is 3. The highest BCUT2D eigenvalue weighted by Gasteiger charge is 2.39. The second kappa shape index (κ2) is 12.5. The van der Waals surface area contributed by atoms with Gasteiger partial charge in [-0.2, -0.15) is 18.3 Å². The van der Waals surface area contributed by atoms with Crippen LogP contribution < -0.4 is 10.6 Å². The van der Waals surface area contributed by atoms with Crippen LogP contribution in [0.4, 0.5) is 18.9 Å². The molecule has 1 aliphatic carbocycles. The minimum absolute atomic E-state index is 0.0244. The molecule has 0 bridgehead atoms. The molecule has 0 atom stereocenters. The van der Waals surface area contributed by atoms with Gasteiger partial charge in [0.15, 0.2) is 11.5 Å². The highest BCUT2D eigenvalue weighted by molar-refractivity contribution is 6.34. The number of rotatable bonds is 7. The van der Waals surface area contributed by atoms with Crippen molar-refractivity contribution in [3.8, 4) is 11.3 Å². The molecule has 15 heteroatoms. The van der Waals surface area contributed by atoms with Gasteiger partial charge in [0, 0.05) is 57.6 Å². The lowest BCUT2D eigenvalue weighted by Gasteiger charge is -2.37. The van der Waals surface area contributed by atoms with Gasteiger partial charge in [0.25, 0.3) is 11.8 Å². The van der Waals surface area contributed by atoms with E-state index in [4.69, 9.17) is 11.6 Å². The van der Waals surface area contributed by atoms with Crippen LogP contribution in [0.2, 0.25) is 5.02 Å². The summed E-state index contributed by atoms with van der Waals surface area (Å²) in [6, 6.07) is 4.49. The predicted molar refractivity (Wildman–Crippen MR) is 160 cm³/mol. The van der Waals surface area contributed by atoms with Crippen molar-refractivity contribution in [1.82, 2.24) is 34.4 Å². The number of nitrogens with one attached hydrogen (secondary N) is 2. The number of hydrogen-bond acceptors (Lipinski definition) is 6. The predicted octanol–water partition coefficient (Wildman–Crippen LogP) is 3.90. The zero-order valence-corrected chi connectivity index (χ0v) is 25.5. The summed E-state index contributed by atoms with van der Waals surface area (Å²) in [5.41, 5.74) is -0.530. The van der Waals surface area contributed by atoms with Crippen LogP contribution in [-0.2, 0) is 24.6 Å². The molecule has 2 N–H and O–H groups in total. The van der Waals surface area contributed by atoms with Crippen molar-refractivity contribution in [3.63, 3.8) is 0 Å². The molecule has 2 aromatic heterocycles. The Bertz CT molecular complexity index is 1600. The van der Waals surface area contributed by atoms with Gasteiger partial charge >= 0.3 is 6.18 Å². The molecule has 45 heavy (non-hydrogen) atoms. The Balaban J connectivity index is 1.10. The van der Waals surface area contributed by atoms with Crippen molar-refractivity contribution in [2.45, 2.75) is 38.4 Å². The fourth-order valence-electron chi connectivity index (χ4n) is 5.93. The molecule has 1 saturated carbocycles. The molecule has 2 aliphatic heterocycles. The SMILES string of the molecule is Cn1c(-c2cn(CC3CC3)nc2C(F)(F)F)cnc1C(=O)Nc1ccc(C(=O)N2CCN(C(=O)C3CCNCC3)CC2)c(Cl)c1. The van der Waals surface area contributed by atoms with Crippen LogP contribution in [0.15, 0.2) is 30.6 Å². The second-order valence-electron chi connectivity index (χ2n) is 11.9. The van der Waals surface area contributed by atoms with E-state index in [0.717, 1.165) is 38.8 Å². The lowest BCUT2D eigenvalue weighted by Crippen LogP contribution is -2.52. The summed E-state index contributed by atoms with van der Waals surface area (Å²) < 4.78 is 44.0. The van der Waals surface area contributed by atoms with E-state index in [1.165, 1.54) is 46.9 Å². The summed E-state index contributed by atoms with van der Waals surface area (Å²) in [5.74, 6) is -0.551. The molecule has 4 heterocycles. The number of alkyl halides is 3. The highest BCUT2D eigenvalue weighted by atomic mass is 35.5. The summed E-state index contributed by atoms with van der Waals surface area (Å²) in [5, 5.41) is 9.84. The first-order valence-electron chi connectivity index (χ1n) is 15.1. The molecule has 3 fully saturated rings. The Labute approximate surface area is 262 Å². The van der Waals surface area contributed by atoms with Gasteiger partial charge in [0.05, 0.1) is 28.0 Å². The summed E-state index contributed by atoms with van der Waals surface area (Å²) in [6.45, 7) is 3.77. The molecule has 240 valence electrons. The van der Waals surface area contributed by atoms with Crippen molar-refractivity contribution in [1.29, 1.82) is 0 Å². The van der Waals surface area contributed by atoms with Crippen LogP contribution in [0.3, 0.4) is 0 Å². The van der Waals surface area contributed by atoms with Gasteiger partial charge in [-0.15, -0.1) is 0 Å². The molecule has 3 amide bonds. The monoisotopic (exact) mass is 646 g/mol. The van der Waals surface area contributed by atoms with Crippen LogP contribution >= 0.6 is 11.6 Å². The summed E-state index contributed by atoms with van der Waals surface area (Å²) in [7, 11) is 1.46. The molecular weight excluding hydrogens is 613 g/mol. The summed E-state index contributed by atoms with van der Waals surface area (Å²) in [6.07, 6.45) is 1.46. The topological polar surface area (TPSA) is 117 Å². The number of anilines is 1. The highest BCUT2D eigenvalue weighted by Crippen LogP contribution is 2.38. The Morgan fingerprint density at radius 3 is 2.38 bits per heavy atom. The van der Waals surface area contributed by atoms with E-state index < -0.39 is 17.8 Å². The minimum atomic E-state index is -4.68. The van der Waals surface area contributed by atoms with Crippen LogP contribution in [0.1, 0.15) is 52.4 Å². The molecule has 11 nitrogen and oxygen atoms in total. The number of carbonyl (C=O) groups is 3. The van der Waals surface area contributed by atoms with Crippen molar-refractivity contribution < 1.29 is 27.6 Å². The van der Waals surface area contributed by atoms with Crippen LogP contribution in [0.25, 0.3) is 11.3 Å². The van der Waals surface area contributed by atoms with E-state index >= 15 is 0 Å². The molecule has 0 unspecified atom stereocenters. The average Bonchev–Trinajstić information content (AvgIpc) is 3.60. The third-order valence-electron chi connectivity index (χ3n) is 8.66. The average molecular weight is 647 g/mol. The lowest BCUT2D eigenvalue weighted by molar-refractivity contribution is -0.141. The quantitative estimate of drug-likeness (QED) is 0.402. The molecule has 3 aromatic rings. The van der Waals surface area contributed by atoms with Gasteiger partial charge in [-0.25, -0.2) is 4.98 Å². The smallest absolute Gasteiger partial charge is 0.339 e. The second-order valence-corrected chi connectivity index (χ2v) is 12.3. The summed E-state index contributed by atoms with van der Waals surface area (Å²) in [4.78, 5) is 46.8. The van der Waals surface area contributed by atoms with Gasteiger partial charge < -0.3 is 25.0 Å². The fraction of sp³-hybridized carbons (Fsp3) is 0.500. The third-order valence-corrected chi connectivity index (χ3v) is 8.98. The minimum Gasteiger partial charge on any atom is -0.339 e. The number of hydrogen-bond donors (Lipinski definition) is 2. The number of benzene rings is 1. The van der Waals surface area contributed by atoms with Crippen LogP contribution in [0, 0.1) is 11.8 Å². The van der Waals surface area contributed by atoms with E-state index in [9.17, 15) is 27.6 Å².